The molecule has 0 atom stereocenters. The molecule has 2 aliphatic rings. The molecule has 5 rings (SSSR count). The fraction of sp³-hybridized carbons (Fsp3) is 0.0417. The third-order valence-corrected chi connectivity index (χ3v) is 6.20. The number of hydrogen-bond acceptors (Lipinski definition) is 1. The van der Waals surface area contributed by atoms with Gasteiger partial charge in [-0.25, -0.2) is 0 Å². The summed E-state index contributed by atoms with van der Waals surface area (Å²) in [6.07, 6.45) is 0. The van der Waals surface area contributed by atoms with Crippen LogP contribution in [0.1, 0.15) is 5.56 Å². The lowest BCUT2D eigenvalue weighted by Crippen LogP contribution is -3.00. The molecule has 3 aromatic carbocycles. The molecule has 0 unspecified atom stereocenters. The summed E-state index contributed by atoms with van der Waals surface area (Å²) in [5.74, 6) is 0. The number of aromatic nitrogens is 1. The van der Waals surface area contributed by atoms with Crippen LogP contribution in [0.15, 0.2) is 84.9 Å². The van der Waals surface area contributed by atoms with E-state index in [4.69, 9.17) is 0 Å². The highest BCUT2D eigenvalue weighted by Gasteiger charge is 2.27. The van der Waals surface area contributed by atoms with E-state index >= 15 is 0 Å². The third-order valence-electron chi connectivity index (χ3n) is 4.94. The van der Waals surface area contributed by atoms with Gasteiger partial charge in [-0.1, -0.05) is 84.1 Å². The van der Waals surface area contributed by atoms with Gasteiger partial charge in [-0.2, -0.15) is 4.98 Å². The van der Waals surface area contributed by atoms with E-state index in [2.05, 4.69) is 96.8 Å². The number of H-pyrrole nitrogens is 1. The molecule has 2 heterocycles. The van der Waals surface area contributed by atoms with Crippen LogP contribution in [0.5, 0.6) is 0 Å². The van der Waals surface area contributed by atoms with E-state index in [1.807, 2.05) is 11.3 Å². The minimum absolute atomic E-state index is 0. The quantitative estimate of drug-likeness (QED) is 0.440. The normalized spacial score (nSPS) is 10.9. The fourth-order valence-corrected chi connectivity index (χ4v) is 4.94. The number of aromatic amines is 1. The second-order valence-electron chi connectivity index (χ2n) is 6.54. The van der Waals surface area contributed by atoms with Crippen molar-refractivity contribution in [3.63, 3.8) is 0 Å². The topological polar surface area (TPSA) is 14.1 Å². The smallest absolute Gasteiger partial charge is 0.269 e. The summed E-state index contributed by atoms with van der Waals surface area (Å²) in [4.78, 5) is 4.97. The van der Waals surface area contributed by atoms with Gasteiger partial charge in [0.2, 0.25) is 5.52 Å². The van der Waals surface area contributed by atoms with Gasteiger partial charge >= 0.3 is 0 Å². The van der Waals surface area contributed by atoms with E-state index in [0.717, 1.165) is 0 Å². The van der Waals surface area contributed by atoms with Crippen molar-refractivity contribution in [1.29, 1.82) is 0 Å². The Balaban J connectivity index is 0.00000180. The zero-order chi connectivity index (χ0) is 17.5. The Kier molecular flexibility index (Phi) is 4.69. The molecule has 0 amide bonds. The molecule has 132 valence electrons. The predicted octanol–water partition coefficient (Wildman–Crippen LogP) is 3.47. The van der Waals surface area contributed by atoms with Gasteiger partial charge in [0, 0.05) is 16.5 Å². The van der Waals surface area contributed by atoms with Gasteiger partial charge in [0.15, 0.2) is 0 Å². The highest BCUT2D eigenvalue weighted by molar-refractivity contribution is 7.18. The third kappa shape index (κ3) is 2.91. The van der Waals surface area contributed by atoms with Gasteiger partial charge in [0.05, 0.1) is 10.9 Å². The minimum Gasteiger partial charge on any atom is -1.00 e. The number of hydrogen-bond donors (Lipinski definition) is 0. The van der Waals surface area contributed by atoms with Crippen molar-refractivity contribution in [1.82, 2.24) is 0 Å². The van der Waals surface area contributed by atoms with Gasteiger partial charge in [0.25, 0.3) is 5.01 Å². The Morgan fingerprint density at radius 1 is 0.667 bits per heavy atom. The van der Waals surface area contributed by atoms with Crippen molar-refractivity contribution < 1.29 is 17.4 Å². The number of fused-ring (bicyclic) bond motifs is 3. The SMILES string of the molecule is Cc1c(-c2ccccc2)sc2[nH+]c3ccccc3c-2c1-c1ccccc1.[Cl-]. The second kappa shape index (κ2) is 7.15. The molecule has 2 aliphatic heterocycles. The first-order chi connectivity index (χ1) is 12.8. The zero-order valence-electron chi connectivity index (χ0n) is 14.9. The summed E-state index contributed by atoms with van der Waals surface area (Å²) in [7, 11) is 0. The van der Waals surface area contributed by atoms with E-state index in [1.165, 1.54) is 48.6 Å². The molecule has 1 nitrogen and oxygen atoms in total. The maximum absolute atomic E-state index is 3.64. The molecule has 0 aromatic heterocycles. The van der Waals surface area contributed by atoms with Crippen LogP contribution in [0.3, 0.4) is 0 Å². The average Bonchev–Trinajstić information content (AvgIpc) is 3.07. The average molecular weight is 388 g/mol. The molecule has 3 heteroatoms. The van der Waals surface area contributed by atoms with Crippen LogP contribution in [0, 0.1) is 6.92 Å². The lowest BCUT2D eigenvalue weighted by atomic mass is 9.94. The Bertz CT molecular complexity index is 1180. The fourth-order valence-electron chi connectivity index (χ4n) is 3.75. The van der Waals surface area contributed by atoms with Crippen LogP contribution in [-0.4, -0.2) is 0 Å². The van der Waals surface area contributed by atoms with E-state index < -0.39 is 0 Å². The van der Waals surface area contributed by atoms with E-state index in [9.17, 15) is 0 Å². The molecule has 1 N–H and O–H groups in total. The van der Waals surface area contributed by atoms with Crippen molar-refractivity contribution >= 4 is 22.2 Å². The van der Waals surface area contributed by atoms with E-state index in [0.29, 0.717) is 0 Å². The van der Waals surface area contributed by atoms with Crippen molar-refractivity contribution in [2.45, 2.75) is 6.92 Å². The number of benzene rings is 3. The second-order valence-corrected chi connectivity index (χ2v) is 7.56. The first-order valence-electron chi connectivity index (χ1n) is 8.81. The molecule has 3 aromatic rings. The predicted molar refractivity (Wildman–Crippen MR) is 111 cm³/mol. The highest BCUT2D eigenvalue weighted by Crippen LogP contribution is 2.46. The Labute approximate surface area is 169 Å². The summed E-state index contributed by atoms with van der Waals surface area (Å²) in [6.45, 7) is 2.25. The lowest BCUT2D eigenvalue weighted by Gasteiger charge is -2.14. The summed E-state index contributed by atoms with van der Waals surface area (Å²) < 4.78 is 0. The Hall–Kier alpha value is -2.68. The molecule has 0 saturated carbocycles. The van der Waals surface area contributed by atoms with Crippen LogP contribution in [0.4, 0.5) is 0 Å². The largest absolute Gasteiger partial charge is 1.00 e. The molecule has 27 heavy (non-hydrogen) atoms. The molecule has 0 bridgehead atoms. The number of nitrogens with one attached hydrogen (secondary N) is 1. The van der Waals surface area contributed by atoms with Crippen LogP contribution in [-0.2, 0) is 0 Å². The molecular formula is C24H18ClNS. The van der Waals surface area contributed by atoms with Gasteiger partial charge < -0.3 is 12.4 Å². The van der Waals surface area contributed by atoms with E-state index in [1.54, 1.807) is 0 Å². The summed E-state index contributed by atoms with van der Waals surface area (Å²) in [6, 6.07) is 30.0. The first-order valence-corrected chi connectivity index (χ1v) is 9.62. The zero-order valence-corrected chi connectivity index (χ0v) is 16.4. The van der Waals surface area contributed by atoms with Crippen LogP contribution in [0.25, 0.3) is 43.0 Å². The minimum atomic E-state index is 0. The Morgan fingerprint density at radius 3 is 1.96 bits per heavy atom. The monoisotopic (exact) mass is 387 g/mol. The number of para-hydroxylation sites is 1. The molecule has 0 aliphatic carbocycles. The van der Waals surface area contributed by atoms with Gasteiger partial charge in [0.1, 0.15) is 0 Å². The molecular weight excluding hydrogens is 370 g/mol. The summed E-state index contributed by atoms with van der Waals surface area (Å²) >= 11 is 1.85. The van der Waals surface area contributed by atoms with Gasteiger partial charge in [-0.3, -0.25) is 0 Å². The number of halogens is 1. The molecule has 0 fully saturated rings. The van der Waals surface area contributed by atoms with Crippen LogP contribution < -0.4 is 17.4 Å². The van der Waals surface area contributed by atoms with Crippen molar-refractivity contribution in [2.24, 2.45) is 0 Å². The van der Waals surface area contributed by atoms with Crippen LogP contribution >= 0.6 is 11.3 Å². The lowest BCUT2D eigenvalue weighted by molar-refractivity contribution is -0.323. The highest BCUT2D eigenvalue weighted by atomic mass is 35.5. The molecule has 0 saturated heterocycles. The first kappa shape index (κ1) is 17.7. The summed E-state index contributed by atoms with van der Waals surface area (Å²) in [5, 5.41) is 2.52. The van der Waals surface area contributed by atoms with Gasteiger partial charge in [-0.15, -0.1) is 0 Å². The van der Waals surface area contributed by atoms with Crippen LogP contribution in [0.2, 0.25) is 0 Å². The van der Waals surface area contributed by atoms with Gasteiger partial charge in [-0.05, 0) is 29.7 Å². The standard InChI is InChI=1S/C24H17NS.ClH/c1-16-21(17-10-4-2-5-11-17)22-19-14-8-9-15-20(19)25-24(22)26-23(16)18-12-6-3-7-13-18;/h2-15H,1H3;1H. The summed E-state index contributed by atoms with van der Waals surface area (Å²) in [5.41, 5.74) is 7.73. The Morgan fingerprint density at radius 2 is 1.26 bits per heavy atom. The number of rotatable bonds is 2. The van der Waals surface area contributed by atoms with Crippen molar-refractivity contribution in [3.8, 4) is 32.1 Å². The van der Waals surface area contributed by atoms with Crippen molar-refractivity contribution in [3.05, 3.63) is 90.5 Å². The van der Waals surface area contributed by atoms with Crippen molar-refractivity contribution in [2.75, 3.05) is 0 Å². The maximum Gasteiger partial charge on any atom is 0.269 e. The molecule has 0 spiro atoms. The van der Waals surface area contributed by atoms with E-state index in [-0.39, 0.29) is 12.4 Å². The maximum atomic E-state index is 3.64. The molecule has 0 radical (unpaired) electrons.